The summed E-state index contributed by atoms with van der Waals surface area (Å²) in [4.78, 5) is 18.2. The van der Waals surface area contributed by atoms with Crippen molar-refractivity contribution in [2.45, 2.75) is 12.3 Å². The number of rotatable bonds is 5. The highest BCUT2D eigenvalue weighted by Crippen LogP contribution is 2.18. The van der Waals surface area contributed by atoms with Crippen LogP contribution < -0.4 is 10.2 Å². The zero-order valence-corrected chi connectivity index (χ0v) is 13.0. The molecule has 1 aromatic carbocycles. The van der Waals surface area contributed by atoms with Crippen molar-refractivity contribution in [3.63, 3.8) is 0 Å². The number of thiazole rings is 1. The second-order valence-electron chi connectivity index (χ2n) is 4.54. The van der Waals surface area contributed by atoms with Gasteiger partial charge in [-0.15, -0.1) is 22.9 Å². The Morgan fingerprint density at radius 2 is 2.25 bits per heavy atom. The normalized spacial score (nSPS) is 10.3. The Morgan fingerprint density at radius 3 is 2.90 bits per heavy atom. The Balaban J connectivity index is 1.99. The second kappa shape index (κ2) is 6.72. The van der Waals surface area contributed by atoms with Gasteiger partial charge in [-0.2, -0.15) is 0 Å². The molecule has 0 unspecified atom stereocenters. The van der Waals surface area contributed by atoms with Crippen molar-refractivity contribution in [1.82, 2.24) is 4.98 Å². The number of carbonyl (C=O) groups excluding carboxylic acids is 1. The van der Waals surface area contributed by atoms with Crippen LogP contribution in [0, 0.1) is 0 Å². The highest BCUT2D eigenvalue weighted by Gasteiger charge is 2.08. The molecule has 1 N–H and O–H groups in total. The van der Waals surface area contributed by atoms with Gasteiger partial charge in [-0.3, -0.25) is 4.79 Å². The first-order valence-electron chi connectivity index (χ1n) is 6.15. The predicted octanol–water partition coefficient (Wildman–Crippen LogP) is 3.13. The van der Waals surface area contributed by atoms with Gasteiger partial charge in [0.25, 0.3) is 0 Å². The number of nitrogens with zero attached hydrogens (tertiary/aromatic N) is 2. The Morgan fingerprint density at radius 1 is 1.45 bits per heavy atom. The van der Waals surface area contributed by atoms with Gasteiger partial charge in [0.05, 0.1) is 18.0 Å². The molecular weight excluding hydrogens is 294 g/mol. The third kappa shape index (κ3) is 3.95. The van der Waals surface area contributed by atoms with E-state index in [0.29, 0.717) is 5.88 Å². The lowest BCUT2D eigenvalue weighted by atomic mass is 10.2. The van der Waals surface area contributed by atoms with Crippen molar-refractivity contribution in [2.75, 3.05) is 24.3 Å². The van der Waals surface area contributed by atoms with Gasteiger partial charge in [-0.05, 0) is 18.2 Å². The van der Waals surface area contributed by atoms with Crippen LogP contribution in [-0.2, 0) is 17.1 Å². The molecule has 0 saturated heterocycles. The number of benzene rings is 1. The summed E-state index contributed by atoms with van der Waals surface area (Å²) in [5.74, 6) is 0.305. The van der Waals surface area contributed by atoms with Crippen LogP contribution in [0.15, 0.2) is 29.6 Å². The van der Waals surface area contributed by atoms with Gasteiger partial charge < -0.3 is 10.2 Å². The molecule has 0 aliphatic heterocycles. The van der Waals surface area contributed by atoms with E-state index in [4.69, 9.17) is 11.6 Å². The molecule has 0 radical (unpaired) electrons. The Labute approximate surface area is 127 Å². The van der Waals surface area contributed by atoms with E-state index in [1.807, 2.05) is 48.6 Å². The zero-order chi connectivity index (χ0) is 14.5. The average Bonchev–Trinajstić information content (AvgIpc) is 2.86. The molecule has 6 heteroatoms. The predicted molar refractivity (Wildman–Crippen MR) is 84.8 cm³/mol. The molecule has 0 atom stereocenters. The van der Waals surface area contributed by atoms with Crippen LogP contribution in [0.4, 0.5) is 11.4 Å². The van der Waals surface area contributed by atoms with E-state index in [0.717, 1.165) is 22.1 Å². The smallest absolute Gasteiger partial charge is 0.231 e. The molecule has 1 aromatic heterocycles. The van der Waals surface area contributed by atoms with Crippen LogP contribution in [0.2, 0.25) is 0 Å². The lowest BCUT2D eigenvalue weighted by Crippen LogP contribution is -2.15. The van der Waals surface area contributed by atoms with Gasteiger partial charge in [0.15, 0.2) is 0 Å². The molecule has 0 aliphatic carbocycles. The summed E-state index contributed by atoms with van der Waals surface area (Å²) in [5.41, 5.74) is 2.64. The Bertz CT molecular complexity index is 598. The van der Waals surface area contributed by atoms with Gasteiger partial charge in [0, 0.05) is 30.9 Å². The van der Waals surface area contributed by atoms with Gasteiger partial charge in [0.2, 0.25) is 5.91 Å². The number of nitrogens with one attached hydrogen (secondary N) is 1. The van der Waals surface area contributed by atoms with Gasteiger partial charge in [-0.1, -0.05) is 6.07 Å². The maximum atomic E-state index is 12.0. The third-order valence-electron chi connectivity index (χ3n) is 2.69. The molecule has 2 aromatic rings. The van der Waals surface area contributed by atoms with Crippen LogP contribution >= 0.6 is 22.9 Å². The summed E-state index contributed by atoms with van der Waals surface area (Å²) >= 11 is 7.15. The highest BCUT2D eigenvalue weighted by molar-refractivity contribution is 7.09. The summed E-state index contributed by atoms with van der Waals surface area (Å²) in [6, 6.07) is 7.71. The van der Waals surface area contributed by atoms with E-state index < -0.39 is 0 Å². The van der Waals surface area contributed by atoms with Crippen LogP contribution in [0.25, 0.3) is 0 Å². The molecule has 106 valence electrons. The highest BCUT2D eigenvalue weighted by atomic mass is 35.5. The zero-order valence-electron chi connectivity index (χ0n) is 11.4. The lowest BCUT2D eigenvalue weighted by molar-refractivity contribution is -0.115. The number of halogens is 1. The minimum absolute atomic E-state index is 0.0728. The maximum absolute atomic E-state index is 12.0. The molecule has 0 aliphatic rings. The second-order valence-corrected chi connectivity index (χ2v) is 5.75. The average molecular weight is 310 g/mol. The van der Waals surface area contributed by atoms with Crippen LogP contribution in [0.5, 0.6) is 0 Å². The molecule has 0 spiro atoms. The van der Waals surface area contributed by atoms with Crippen molar-refractivity contribution in [3.05, 3.63) is 40.3 Å². The standard InChI is InChI=1S/C14H16ClN3OS/c1-18(2)12-5-3-4-10(6-12)16-13(19)7-14-17-11(8-15)9-20-14/h3-6,9H,7-8H2,1-2H3,(H,16,19). The number of anilines is 2. The quantitative estimate of drug-likeness (QED) is 0.863. The van der Waals surface area contributed by atoms with Crippen LogP contribution in [0.1, 0.15) is 10.7 Å². The molecule has 1 amide bonds. The van der Waals surface area contributed by atoms with E-state index in [-0.39, 0.29) is 12.3 Å². The topological polar surface area (TPSA) is 45.2 Å². The minimum Gasteiger partial charge on any atom is -0.378 e. The molecule has 0 fully saturated rings. The van der Waals surface area contributed by atoms with Crippen molar-refractivity contribution >= 4 is 40.2 Å². The number of carbonyl (C=O) groups is 1. The first-order valence-corrected chi connectivity index (χ1v) is 7.56. The number of alkyl halides is 1. The monoisotopic (exact) mass is 309 g/mol. The number of aromatic nitrogens is 1. The molecule has 0 saturated carbocycles. The van der Waals surface area contributed by atoms with Gasteiger partial charge >= 0.3 is 0 Å². The van der Waals surface area contributed by atoms with E-state index in [2.05, 4.69) is 10.3 Å². The largest absolute Gasteiger partial charge is 0.378 e. The maximum Gasteiger partial charge on any atom is 0.231 e. The Hall–Kier alpha value is -1.59. The molecule has 1 heterocycles. The third-order valence-corrected chi connectivity index (χ3v) is 3.87. The molecule has 0 bridgehead atoms. The Kier molecular flexibility index (Phi) is 4.98. The first-order chi connectivity index (χ1) is 9.58. The summed E-state index contributed by atoms with van der Waals surface area (Å²) in [7, 11) is 3.92. The van der Waals surface area contributed by atoms with Gasteiger partial charge in [-0.25, -0.2) is 4.98 Å². The van der Waals surface area contributed by atoms with E-state index in [1.165, 1.54) is 11.3 Å². The minimum atomic E-state index is -0.0728. The van der Waals surface area contributed by atoms with Crippen molar-refractivity contribution in [1.29, 1.82) is 0 Å². The summed E-state index contributed by atoms with van der Waals surface area (Å²) in [6.07, 6.45) is 0.272. The van der Waals surface area contributed by atoms with E-state index in [9.17, 15) is 4.79 Å². The summed E-state index contributed by atoms with van der Waals surface area (Å²) in [5, 5.41) is 5.54. The fourth-order valence-corrected chi connectivity index (χ4v) is 2.72. The number of amides is 1. The van der Waals surface area contributed by atoms with Crippen LogP contribution in [0.3, 0.4) is 0 Å². The number of hydrogen-bond donors (Lipinski definition) is 1. The molecule has 20 heavy (non-hydrogen) atoms. The van der Waals surface area contributed by atoms with E-state index in [1.54, 1.807) is 0 Å². The van der Waals surface area contributed by atoms with Gasteiger partial charge in [0.1, 0.15) is 5.01 Å². The summed E-state index contributed by atoms with van der Waals surface area (Å²) < 4.78 is 0. The van der Waals surface area contributed by atoms with E-state index >= 15 is 0 Å². The summed E-state index contributed by atoms with van der Waals surface area (Å²) in [6.45, 7) is 0. The molecule has 4 nitrogen and oxygen atoms in total. The lowest BCUT2D eigenvalue weighted by Gasteiger charge is -2.13. The molecular formula is C14H16ClN3OS. The number of hydrogen-bond acceptors (Lipinski definition) is 4. The van der Waals surface area contributed by atoms with Crippen molar-refractivity contribution < 1.29 is 4.79 Å². The fraction of sp³-hybridized carbons (Fsp3) is 0.286. The SMILES string of the molecule is CN(C)c1cccc(NC(=O)Cc2nc(CCl)cs2)c1. The molecule has 2 rings (SSSR count). The van der Waals surface area contributed by atoms with Crippen molar-refractivity contribution in [3.8, 4) is 0 Å². The van der Waals surface area contributed by atoms with Crippen molar-refractivity contribution in [2.24, 2.45) is 0 Å². The fourth-order valence-electron chi connectivity index (χ4n) is 1.70. The first kappa shape index (κ1) is 14.8. The van der Waals surface area contributed by atoms with Crippen LogP contribution in [-0.4, -0.2) is 25.0 Å².